The average Bonchev–Trinajstić information content (AvgIpc) is 2.19. The van der Waals surface area contributed by atoms with Gasteiger partial charge in [-0.2, -0.15) is 11.8 Å². The summed E-state index contributed by atoms with van der Waals surface area (Å²) in [7, 11) is 0. The number of hydrogen-bond donors (Lipinski definition) is 1. The highest BCUT2D eigenvalue weighted by Crippen LogP contribution is 2.51. The lowest BCUT2D eigenvalue weighted by Crippen LogP contribution is -2.06. The van der Waals surface area contributed by atoms with E-state index in [1.165, 1.54) is 5.75 Å². The van der Waals surface area contributed by atoms with Crippen LogP contribution in [0, 0.1) is 11.3 Å². The third kappa shape index (κ3) is 1.10. The molecule has 0 aliphatic heterocycles. The van der Waals surface area contributed by atoms with E-state index in [0.29, 0.717) is 11.5 Å². The molecule has 0 aromatic rings. The smallest absolute Gasteiger partial charge is 0.0136 e. The van der Waals surface area contributed by atoms with Crippen molar-refractivity contribution in [1.82, 2.24) is 0 Å². The SMILES string of the molecule is CSC[C@@H]1[C@@H](N)C1(C)C. The monoisotopic (exact) mass is 145 g/mol. The van der Waals surface area contributed by atoms with Gasteiger partial charge in [0.1, 0.15) is 0 Å². The summed E-state index contributed by atoms with van der Waals surface area (Å²) in [5, 5.41) is 0. The Balaban J connectivity index is 2.33. The molecule has 0 unspecified atom stereocenters. The van der Waals surface area contributed by atoms with Crippen LogP contribution >= 0.6 is 11.8 Å². The number of thioether (sulfide) groups is 1. The predicted octanol–water partition coefficient (Wildman–Crippen LogP) is 1.33. The van der Waals surface area contributed by atoms with Gasteiger partial charge < -0.3 is 5.73 Å². The Morgan fingerprint density at radius 2 is 2.00 bits per heavy atom. The topological polar surface area (TPSA) is 26.0 Å². The standard InChI is InChI=1S/C7H15NS/c1-7(2)5(4-9-3)6(7)8/h5-6H,4,8H2,1-3H3/t5-,6-/m1/s1. The minimum absolute atomic E-state index is 0.434. The minimum atomic E-state index is 0.434. The van der Waals surface area contributed by atoms with Crippen molar-refractivity contribution in [1.29, 1.82) is 0 Å². The van der Waals surface area contributed by atoms with Gasteiger partial charge in [0.15, 0.2) is 0 Å². The number of nitrogens with two attached hydrogens (primary N) is 1. The van der Waals surface area contributed by atoms with E-state index in [1.54, 1.807) is 0 Å². The van der Waals surface area contributed by atoms with Gasteiger partial charge in [0.2, 0.25) is 0 Å². The van der Waals surface area contributed by atoms with Crippen molar-refractivity contribution in [2.45, 2.75) is 19.9 Å². The largest absolute Gasteiger partial charge is 0.327 e. The van der Waals surface area contributed by atoms with Crippen LogP contribution in [0.15, 0.2) is 0 Å². The molecule has 0 aromatic heterocycles. The summed E-state index contributed by atoms with van der Waals surface area (Å²) in [4.78, 5) is 0. The summed E-state index contributed by atoms with van der Waals surface area (Å²) in [6.45, 7) is 4.50. The van der Waals surface area contributed by atoms with Crippen LogP contribution in [-0.4, -0.2) is 18.1 Å². The lowest BCUT2D eigenvalue weighted by Gasteiger charge is -1.97. The lowest BCUT2D eigenvalue weighted by molar-refractivity contribution is 0.577. The Morgan fingerprint density at radius 3 is 2.11 bits per heavy atom. The maximum atomic E-state index is 5.82. The van der Waals surface area contributed by atoms with Gasteiger partial charge in [-0.1, -0.05) is 13.8 Å². The summed E-state index contributed by atoms with van der Waals surface area (Å²) < 4.78 is 0. The summed E-state index contributed by atoms with van der Waals surface area (Å²) >= 11 is 1.90. The maximum Gasteiger partial charge on any atom is 0.0136 e. The van der Waals surface area contributed by atoms with E-state index in [1.807, 2.05) is 11.8 Å². The molecular formula is C7H15NS. The van der Waals surface area contributed by atoms with Crippen LogP contribution in [0.1, 0.15) is 13.8 Å². The molecule has 0 aromatic carbocycles. The van der Waals surface area contributed by atoms with Gasteiger partial charge in [-0.3, -0.25) is 0 Å². The van der Waals surface area contributed by atoms with Crippen LogP contribution in [0.5, 0.6) is 0 Å². The molecule has 0 amide bonds. The first-order valence-corrected chi connectivity index (χ1v) is 4.74. The van der Waals surface area contributed by atoms with E-state index >= 15 is 0 Å². The Morgan fingerprint density at radius 1 is 1.56 bits per heavy atom. The molecule has 2 atom stereocenters. The van der Waals surface area contributed by atoms with Gasteiger partial charge in [-0.15, -0.1) is 0 Å². The van der Waals surface area contributed by atoms with Crippen molar-refractivity contribution in [2.24, 2.45) is 17.1 Å². The first-order valence-electron chi connectivity index (χ1n) is 3.35. The van der Waals surface area contributed by atoms with Gasteiger partial charge in [0.25, 0.3) is 0 Å². The van der Waals surface area contributed by atoms with Crippen molar-refractivity contribution >= 4 is 11.8 Å². The zero-order chi connectivity index (χ0) is 7.07. The van der Waals surface area contributed by atoms with Gasteiger partial charge in [-0.05, 0) is 23.3 Å². The summed E-state index contributed by atoms with van der Waals surface area (Å²) in [6, 6.07) is 0.463. The Kier molecular flexibility index (Phi) is 1.79. The zero-order valence-corrected chi connectivity index (χ0v) is 7.16. The molecule has 0 heterocycles. The van der Waals surface area contributed by atoms with Crippen molar-refractivity contribution < 1.29 is 0 Å². The Bertz CT molecular complexity index is 111. The molecule has 1 nitrogen and oxygen atoms in total. The fraction of sp³-hybridized carbons (Fsp3) is 1.00. The molecule has 1 rings (SSSR count). The minimum Gasteiger partial charge on any atom is -0.327 e. The zero-order valence-electron chi connectivity index (χ0n) is 6.35. The number of hydrogen-bond acceptors (Lipinski definition) is 2. The summed E-state index contributed by atoms with van der Waals surface area (Å²) in [5.74, 6) is 2.00. The summed E-state index contributed by atoms with van der Waals surface area (Å²) in [5.41, 5.74) is 6.25. The molecule has 0 spiro atoms. The third-order valence-electron chi connectivity index (χ3n) is 2.49. The average molecular weight is 145 g/mol. The molecule has 9 heavy (non-hydrogen) atoms. The molecule has 2 N–H and O–H groups in total. The van der Waals surface area contributed by atoms with Gasteiger partial charge in [0.05, 0.1) is 0 Å². The second-order valence-electron chi connectivity index (χ2n) is 3.41. The van der Waals surface area contributed by atoms with E-state index < -0.39 is 0 Å². The maximum absolute atomic E-state index is 5.82. The molecule has 1 aliphatic carbocycles. The molecule has 0 bridgehead atoms. The van der Waals surface area contributed by atoms with Crippen molar-refractivity contribution in [2.75, 3.05) is 12.0 Å². The van der Waals surface area contributed by atoms with Crippen LogP contribution in [0.4, 0.5) is 0 Å². The molecule has 2 heteroatoms. The predicted molar refractivity (Wildman–Crippen MR) is 43.6 cm³/mol. The molecule has 1 aliphatic rings. The Hall–Kier alpha value is 0.310. The molecule has 1 saturated carbocycles. The Labute approximate surface area is 61.4 Å². The summed E-state index contributed by atoms with van der Waals surface area (Å²) in [6.07, 6.45) is 2.14. The fourth-order valence-electron chi connectivity index (χ4n) is 1.28. The van der Waals surface area contributed by atoms with Gasteiger partial charge in [-0.25, -0.2) is 0 Å². The first-order chi connectivity index (χ1) is 4.10. The molecule has 0 radical (unpaired) electrons. The third-order valence-corrected chi connectivity index (χ3v) is 3.18. The molecule has 54 valence electrons. The van der Waals surface area contributed by atoms with E-state index in [0.717, 1.165) is 5.92 Å². The van der Waals surface area contributed by atoms with Crippen LogP contribution in [0.2, 0.25) is 0 Å². The van der Waals surface area contributed by atoms with E-state index in [9.17, 15) is 0 Å². The second-order valence-corrected chi connectivity index (χ2v) is 4.32. The lowest BCUT2D eigenvalue weighted by atomic mass is 10.1. The highest BCUT2D eigenvalue weighted by Gasteiger charge is 2.54. The quantitative estimate of drug-likeness (QED) is 0.634. The molecule has 1 fully saturated rings. The van der Waals surface area contributed by atoms with Crippen molar-refractivity contribution in [3.05, 3.63) is 0 Å². The van der Waals surface area contributed by atoms with E-state index in [2.05, 4.69) is 20.1 Å². The van der Waals surface area contributed by atoms with E-state index in [4.69, 9.17) is 5.73 Å². The van der Waals surface area contributed by atoms with Gasteiger partial charge in [0, 0.05) is 6.04 Å². The van der Waals surface area contributed by atoms with Crippen LogP contribution in [0.3, 0.4) is 0 Å². The second kappa shape index (κ2) is 2.17. The van der Waals surface area contributed by atoms with Crippen LogP contribution in [0.25, 0.3) is 0 Å². The fourth-order valence-corrected chi connectivity index (χ4v) is 2.28. The molecule has 0 saturated heterocycles. The normalized spacial score (nSPS) is 38.7. The van der Waals surface area contributed by atoms with Crippen molar-refractivity contribution in [3.63, 3.8) is 0 Å². The molecular weight excluding hydrogens is 130 g/mol. The van der Waals surface area contributed by atoms with Crippen molar-refractivity contribution in [3.8, 4) is 0 Å². The highest BCUT2D eigenvalue weighted by atomic mass is 32.2. The van der Waals surface area contributed by atoms with Gasteiger partial charge >= 0.3 is 0 Å². The van der Waals surface area contributed by atoms with Crippen LogP contribution in [-0.2, 0) is 0 Å². The van der Waals surface area contributed by atoms with Crippen LogP contribution < -0.4 is 5.73 Å². The first kappa shape index (κ1) is 7.42. The van der Waals surface area contributed by atoms with E-state index in [-0.39, 0.29) is 0 Å². The highest BCUT2D eigenvalue weighted by molar-refractivity contribution is 7.98. The number of rotatable bonds is 2.